The molecule has 1 saturated heterocycles. The minimum atomic E-state index is -0.532. The fraction of sp³-hybridized carbons (Fsp3) is 0.846. The molecule has 0 spiro atoms. The van der Waals surface area contributed by atoms with E-state index in [1.807, 2.05) is 27.7 Å². The van der Waals surface area contributed by atoms with Gasteiger partial charge in [0.1, 0.15) is 11.4 Å². The first-order chi connectivity index (χ1) is 8.26. The first-order valence-corrected chi connectivity index (χ1v) is 6.34. The summed E-state index contributed by atoms with van der Waals surface area (Å²) in [5.41, 5.74) is -0.532. The van der Waals surface area contributed by atoms with Gasteiger partial charge in [-0.25, -0.2) is 4.79 Å². The van der Waals surface area contributed by atoms with Gasteiger partial charge in [0.25, 0.3) is 0 Å². The minimum Gasteiger partial charge on any atom is -0.444 e. The SMILES string of the molecule is CCN(C(=O)OC(C)(C)C)C1COCC1C(C)=O. The number of carbonyl (C=O) groups is 2. The van der Waals surface area contributed by atoms with E-state index in [4.69, 9.17) is 9.47 Å². The van der Waals surface area contributed by atoms with E-state index in [1.165, 1.54) is 6.92 Å². The summed E-state index contributed by atoms with van der Waals surface area (Å²) < 4.78 is 10.7. The van der Waals surface area contributed by atoms with Gasteiger partial charge in [-0.05, 0) is 34.6 Å². The van der Waals surface area contributed by atoms with E-state index in [9.17, 15) is 9.59 Å². The van der Waals surface area contributed by atoms with Crippen molar-refractivity contribution in [2.75, 3.05) is 19.8 Å². The average Bonchev–Trinajstić information content (AvgIpc) is 2.64. The number of hydrogen-bond acceptors (Lipinski definition) is 4. The number of hydrogen-bond donors (Lipinski definition) is 0. The Kier molecular flexibility index (Phi) is 4.73. The lowest BCUT2D eigenvalue weighted by Crippen LogP contribution is -2.48. The molecule has 1 heterocycles. The lowest BCUT2D eigenvalue weighted by Gasteiger charge is -2.32. The molecule has 0 aromatic carbocycles. The van der Waals surface area contributed by atoms with Crippen LogP contribution in [-0.2, 0) is 14.3 Å². The molecule has 2 unspecified atom stereocenters. The lowest BCUT2D eigenvalue weighted by atomic mass is 9.98. The number of likely N-dealkylation sites (N-methyl/N-ethyl adjacent to an activating group) is 1. The van der Waals surface area contributed by atoms with E-state index in [2.05, 4.69) is 0 Å². The second kappa shape index (κ2) is 5.69. The fourth-order valence-electron chi connectivity index (χ4n) is 2.06. The molecule has 1 fully saturated rings. The van der Waals surface area contributed by atoms with Gasteiger partial charge in [-0.3, -0.25) is 4.79 Å². The molecule has 0 bridgehead atoms. The Morgan fingerprint density at radius 3 is 2.39 bits per heavy atom. The molecule has 0 aliphatic carbocycles. The zero-order valence-corrected chi connectivity index (χ0v) is 11.9. The average molecular weight is 257 g/mol. The van der Waals surface area contributed by atoms with Crippen molar-refractivity contribution in [1.29, 1.82) is 0 Å². The van der Waals surface area contributed by atoms with Gasteiger partial charge in [-0.2, -0.15) is 0 Å². The summed E-state index contributed by atoms with van der Waals surface area (Å²) in [6.07, 6.45) is -0.383. The van der Waals surface area contributed by atoms with Gasteiger partial charge in [0, 0.05) is 6.54 Å². The highest BCUT2D eigenvalue weighted by molar-refractivity contribution is 5.80. The van der Waals surface area contributed by atoms with E-state index < -0.39 is 5.60 Å². The molecule has 104 valence electrons. The summed E-state index contributed by atoms with van der Waals surface area (Å²) in [6, 6.07) is -0.206. The lowest BCUT2D eigenvalue weighted by molar-refractivity contribution is -0.121. The number of rotatable bonds is 3. The van der Waals surface area contributed by atoms with Gasteiger partial charge < -0.3 is 14.4 Å². The molecule has 0 aromatic heterocycles. The largest absolute Gasteiger partial charge is 0.444 e. The van der Waals surface area contributed by atoms with E-state index >= 15 is 0 Å². The second-order valence-electron chi connectivity index (χ2n) is 5.59. The highest BCUT2D eigenvalue weighted by Crippen LogP contribution is 2.22. The van der Waals surface area contributed by atoms with Crippen molar-refractivity contribution in [2.24, 2.45) is 5.92 Å². The van der Waals surface area contributed by atoms with Crippen LogP contribution in [0.4, 0.5) is 4.79 Å². The highest BCUT2D eigenvalue weighted by Gasteiger charge is 2.39. The summed E-state index contributed by atoms with van der Waals surface area (Å²) in [6.45, 7) is 10.2. The molecule has 1 aliphatic rings. The summed E-state index contributed by atoms with van der Waals surface area (Å²) in [5.74, 6) is -0.183. The third-order valence-electron chi connectivity index (χ3n) is 2.94. The second-order valence-corrected chi connectivity index (χ2v) is 5.59. The van der Waals surface area contributed by atoms with Crippen molar-refractivity contribution >= 4 is 11.9 Å². The van der Waals surface area contributed by atoms with E-state index in [-0.39, 0.29) is 23.8 Å². The van der Waals surface area contributed by atoms with E-state index in [0.29, 0.717) is 19.8 Å². The van der Waals surface area contributed by atoms with Crippen LogP contribution in [0.2, 0.25) is 0 Å². The Bertz CT molecular complexity index is 321. The quantitative estimate of drug-likeness (QED) is 0.774. The van der Waals surface area contributed by atoms with E-state index in [1.54, 1.807) is 4.90 Å². The summed E-state index contributed by atoms with van der Waals surface area (Å²) in [5, 5.41) is 0. The first-order valence-electron chi connectivity index (χ1n) is 6.34. The number of nitrogens with zero attached hydrogens (tertiary/aromatic N) is 1. The number of amides is 1. The maximum atomic E-state index is 12.1. The monoisotopic (exact) mass is 257 g/mol. The van der Waals surface area contributed by atoms with Crippen molar-refractivity contribution in [3.63, 3.8) is 0 Å². The number of ether oxygens (including phenoxy) is 2. The Hall–Kier alpha value is -1.10. The third-order valence-corrected chi connectivity index (χ3v) is 2.94. The number of ketones is 1. The highest BCUT2D eigenvalue weighted by atomic mass is 16.6. The van der Waals surface area contributed by atoms with Crippen LogP contribution >= 0.6 is 0 Å². The van der Waals surface area contributed by atoms with Gasteiger partial charge in [0.2, 0.25) is 0 Å². The summed E-state index contributed by atoms with van der Waals surface area (Å²) in [7, 11) is 0. The van der Waals surface area contributed by atoms with Crippen LogP contribution in [0.1, 0.15) is 34.6 Å². The molecule has 0 saturated carbocycles. The predicted octanol–water partition coefficient (Wildman–Crippen LogP) is 1.85. The van der Waals surface area contributed by atoms with Crippen molar-refractivity contribution in [2.45, 2.75) is 46.3 Å². The van der Waals surface area contributed by atoms with Crippen LogP contribution in [0.15, 0.2) is 0 Å². The number of carbonyl (C=O) groups excluding carboxylic acids is 2. The molecule has 0 radical (unpaired) electrons. The van der Waals surface area contributed by atoms with Crippen LogP contribution in [0.3, 0.4) is 0 Å². The van der Waals surface area contributed by atoms with Crippen LogP contribution < -0.4 is 0 Å². The topological polar surface area (TPSA) is 55.8 Å². The van der Waals surface area contributed by atoms with Crippen molar-refractivity contribution in [1.82, 2.24) is 4.90 Å². The van der Waals surface area contributed by atoms with Crippen molar-refractivity contribution in [3.8, 4) is 0 Å². The molecule has 18 heavy (non-hydrogen) atoms. The molecule has 0 aromatic rings. The van der Waals surface area contributed by atoms with Crippen LogP contribution in [-0.4, -0.2) is 48.2 Å². The van der Waals surface area contributed by atoms with Crippen LogP contribution in [0.5, 0.6) is 0 Å². The summed E-state index contributed by atoms with van der Waals surface area (Å²) >= 11 is 0. The Morgan fingerprint density at radius 1 is 1.33 bits per heavy atom. The van der Waals surface area contributed by atoms with E-state index in [0.717, 1.165) is 0 Å². The standard InChI is InChI=1S/C13H23NO4/c1-6-14(12(16)18-13(3,4)5)11-8-17-7-10(11)9(2)15/h10-11H,6-8H2,1-5H3. The maximum Gasteiger partial charge on any atom is 0.410 e. The van der Waals surface area contributed by atoms with Gasteiger partial charge >= 0.3 is 6.09 Å². The molecule has 1 rings (SSSR count). The van der Waals surface area contributed by atoms with Gasteiger partial charge in [0.05, 0.1) is 25.2 Å². The predicted molar refractivity (Wildman–Crippen MR) is 67.4 cm³/mol. The maximum absolute atomic E-state index is 12.1. The Labute approximate surface area is 108 Å². The minimum absolute atomic E-state index is 0.0551. The Morgan fingerprint density at radius 2 is 1.94 bits per heavy atom. The third kappa shape index (κ3) is 3.70. The molecular formula is C13H23NO4. The fourth-order valence-corrected chi connectivity index (χ4v) is 2.06. The molecule has 0 N–H and O–H groups in total. The van der Waals surface area contributed by atoms with Crippen LogP contribution in [0, 0.1) is 5.92 Å². The zero-order valence-electron chi connectivity index (χ0n) is 11.9. The first kappa shape index (κ1) is 15.0. The number of Topliss-reactive ketones (excluding diaryl/α,β-unsaturated/α-hetero) is 1. The van der Waals surface area contributed by atoms with Gasteiger partial charge in [-0.15, -0.1) is 0 Å². The zero-order chi connectivity index (χ0) is 13.9. The normalized spacial score (nSPS) is 23.8. The van der Waals surface area contributed by atoms with Crippen molar-refractivity contribution in [3.05, 3.63) is 0 Å². The molecule has 1 aliphatic heterocycles. The molecule has 5 nitrogen and oxygen atoms in total. The van der Waals surface area contributed by atoms with Crippen molar-refractivity contribution < 1.29 is 19.1 Å². The molecular weight excluding hydrogens is 234 g/mol. The smallest absolute Gasteiger partial charge is 0.410 e. The van der Waals surface area contributed by atoms with Gasteiger partial charge in [0.15, 0.2) is 0 Å². The summed E-state index contributed by atoms with van der Waals surface area (Å²) in [4.78, 5) is 25.2. The molecule has 1 amide bonds. The molecule has 2 atom stereocenters. The molecule has 5 heteroatoms. The van der Waals surface area contributed by atoms with Crippen LogP contribution in [0.25, 0.3) is 0 Å². The Balaban J connectivity index is 2.76. The van der Waals surface area contributed by atoms with Gasteiger partial charge in [-0.1, -0.05) is 0 Å².